The highest BCUT2D eigenvalue weighted by atomic mass is 15.3. The summed E-state index contributed by atoms with van der Waals surface area (Å²) in [7, 11) is 0. The number of nitrogens with one attached hydrogen (secondary N) is 1. The maximum Gasteiger partial charge on any atom is 0.0244 e. The topological polar surface area (TPSA) is 15.3 Å². The van der Waals surface area contributed by atoms with Gasteiger partial charge in [-0.25, -0.2) is 0 Å². The molecule has 0 aromatic carbocycles. The Morgan fingerprint density at radius 3 is 2.40 bits per heavy atom. The van der Waals surface area contributed by atoms with Crippen LogP contribution in [-0.4, -0.2) is 36.6 Å². The van der Waals surface area contributed by atoms with Crippen LogP contribution < -0.4 is 5.32 Å². The van der Waals surface area contributed by atoms with E-state index in [1.165, 1.54) is 32.4 Å². The van der Waals surface area contributed by atoms with Crippen molar-refractivity contribution >= 4 is 0 Å². The molecule has 4 unspecified atom stereocenters. The molecule has 3 aliphatic rings. The van der Waals surface area contributed by atoms with Crippen LogP contribution in [0.15, 0.2) is 0 Å². The van der Waals surface area contributed by atoms with Crippen LogP contribution in [0.25, 0.3) is 0 Å². The zero-order chi connectivity index (χ0) is 14.8. The standard InChI is InChI=1S/C18H34N2/c1-16(2,3)14-12-20(10-9-19-14)15-17(4,5)13-7-8-18(15,6)11-13/h13-15,19H,7-12H2,1-6H3. The van der Waals surface area contributed by atoms with Crippen molar-refractivity contribution in [3.05, 3.63) is 0 Å². The minimum absolute atomic E-state index is 0.362. The van der Waals surface area contributed by atoms with Gasteiger partial charge < -0.3 is 5.32 Å². The Balaban J connectivity index is 1.82. The van der Waals surface area contributed by atoms with Crippen molar-refractivity contribution in [2.75, 3.05) is 19.6 Å². The largest absolute Gasteiger partial charge is 0.311 e. The average molecular weight is 278 g/mol. The predicted octanol–water partition coefficient (Wildman–Crippen LogP) is 3.52. The molecule has 0 radical (unpaired) electrons. The third-order valence-electron chi connectivity index (χ3n) is 6.81. The lowest BCUT2D eigenvalue weighted by Crippen LogP contribution is -2.63. The van der Waals surface area contributed by atoms with Crippen LogP contribution in [-0.2, 0) is 0 Å². The lowest BCUT2D eigenvalue weighted by atomic mass is 9.67. The van der Waals surface area contributed by atoms with Gasteiger partial charge in [0.2, 0.25) is 0 Å². The molecule has 0 aromatic rings. The van der Waals surface area contributed by atoms with Crippen LogP contribution in [0.4, 0.5) is 0 Å². The minimum Gasteiger partial charge on any atom is -0.311 e. The van der Waals surface area contributed by atoms with Gasteiger partial charge in [-0.2, -0.15) is 0 Å². The molecule has 1 heterocycles. The molecular formula is C18H34N2. The first-order valence-electron chi connectivity index (χ1n) is 8.62. The van der Waals surface area contributed by atoms with Crippen LogP contribution in [0.3, 0.4) is 0 Å². The van der Waals surface area contributed by atoms with E-state index in [9.17, 15) is 0 Å². The van der Waals surface area contributed by atoms with Crippen molar-refractivity contribution in [1.29, 1.82) is 0 Å². The van der Waals surface area contributed by atoms with Crippen LogP contribution in [0.5, 0.6) is 0 Å². The zero-order valence-electron chi connectivity index (χ0n) is 14.4. The number of rotatable bonds is 1. The van der Waals surface area contributed by atoms with Crippen molar-refractivity contribution in [2.24, 2.45) is 22.2 Å². The Bertz CT molecular complexity index is 377. The predicted molar refractivity (Wildman–Crippen MR) is 85.8 cm³/mol. The van der Waals surface area contributed by atoms with E-state index in [0.29, 0.717) is 22.3 Å². The summed E-state index contributed by atoms with van der Waals surface area (Å²) in [5.41, 5.74) is 1.45. The fourth-order valence-electron chi connectivity index (χ4n) is 5.77. The molecule has 3 rings (SSSR count). The lowest BCUT2D eigenvalue weighted by molar-refractivity contribution is -0.0218. The lowest BCUT2D eigenvalue weighted by Gasteiger charge is -2.52. The molecule has 1 aliphatic heterocycles. The first kappa shape index (κ1) is 14.8. The van der Waals surface area contributed by atoms with Gasteiger partial charge in [0.1, 0.15) is 0 Å². The smallest absolute Gasteiger partial charge is 0.0244 e. The van der Waals surface area contributed by atoms with Gasteiger partial charge in [0.15, 0.2) is 0 Å². The van der Waals surface area contributed by atoms with Crippen molar-refractivity contribution in [2.45, 2.75) is 72.9 Å². The second kappa shape index (κ2) is 4.46. The first-order valence-corrected chi connectivity index (χ1v) is 8.62. The highest BCUT2D eigenvalue weighted by molar-refractivity contribution is 5.13. The van der Waals surface area contributed by atoms with Crippen LogP contribution >= 0.6 is 0 Å². The van der Waals surface area contributed by atoms with E-state index in [1.54, 1.807) is 0 Å². The Labute approximate surface area is 125 Å². The summed E-state index contributed by atoms with van der Waals surface area (Å²) in [5.74, 6) is 0.959. The molecule has 2 saturated carbocycles. The molecule has 3 fully saturated rings. The number of hydrogen-bond acceptors (Lipinski definition) is 2. The number of piperazine rings is 1. The van der Waals surface area contributed by atoms with E-state index >= 15 is 0 Å². The monoisotopic (exact) mass is 278 g/mol. The molecule has 2 nitrogen and oxygen atoms in total. The second-order valence-corrected chi connectivity index (χ2v) is 9.69. The van der Waals surface area contributed by atoms with E-state index in [4.69, 9.17) is 0 Å². The van der Waals surface area contributed by atoms with E-state index in [0.717, 1.165) is 18.5 Å². The summed E-state index contributed by atoms with van der Waals surface area (Å²) in [6.07, 6.45) is 4.39. The number of nitrogens with zero attached hydrogens (tertiary/aromatic N) is 1. The minimum atomic E-state index is 0.362. The second-order valence-electron chi connectivity index (χ2n) is 9.69. The quantitative estimate of drug-likeness (QED) is 0.789. The van der Waals surface area contributed by atoms with Gasteiger partial charge in [0.05, 0.1) is 0 Å². The molecule has 4 atom stereocenters. The molecule has 1 N–H and O–H groups in total. The molecule has 0 amide bonds. The van der Waals surface area contributed by atoms with E-state index < -0.39 is 0 Å². The van der Waals surface area contributed by atoms with Crippen molar-refractivity contribution in [3.63, 3.8) is 0 Å². The van der Waals surface area contributed by atoms with E-state index in [1.807, 2.05) is 0 Å². The van der Waals surface area contributed by atoms with Crippen LogP contribution in [0, 0.1) is 22.2 Å². The normalized spacial score (nSPS) is 45.0. The van der Waals surface area contributed by atoms with Gasteiger partial charge in [-0.05, 0) is 41.4 Å². The highest BCUT2D eigenvalue weighted by Crippen LogP contribution is 2.64. The third kappa shape index (κ3) is 2.14. The number of hydrogen-bond donors (Lipinski definition) is 1. The number of fused-ring (bicyclic) bond motifs is 2. The summed E-state index contributed by atoms with van der Waals surface area (Å²) in [6.45, 7) is 18.4. The van der Waals surface area contributed by atoms with Crippen LogP contribution in [0.1, 0.15) is 60.8 Å². The summed E-state index contributed by atoms with van der Waals surface area (Å²) >= 11 is 0. The fraction of sp³-hybridized carbons (Fsp3) is 1.00. The molecule has 2 heteroatoms. The van der Waals surface area contributed by atoms with Gasteiger partial charge in [-0.3, -0.25) is 4.90 Å². The van der Waals surface area contributed by atoms with Gasteiger partial charge >= 0.3 is 0 Å². The average Bonchev–Trinajstić information content (AvgIpc) is 2.79. The molecule has 20 heavy (non-hydrogen) atoms. The van der Waals surface area contributed by atoms with Gasteiger partial charge in [-0.15, -0.1) is 0 Å². The Morgan fingerprint density at radius 2 is 1.85 bits per heavy atom. The zero-order valence-corrected chi connectivity index (χ0v) is 14.4. The third-order valence-corrected chi connectivity index (χ3v) is 6.81. The Hall–Kier alpha value is -0.0800. The molecule has 2 bridgehead atoms. The van der Waals surface area contributed by atoms with Crippen molar-refractivity contribution in [3.8, 4) is 0 Å². The van der Waals surface area contributed by atoms with Gasteiger partial charge in [-0.1, -0.05) is 41.5 Å². The Morgan fingerprint density at radius 1 is 1.15 bits per heavy atom. The van der Waals surface area contributed by atoms with Crippen molar-refractivity contribution < 1.29 is 0 Å². The molecule has 116 valence electrons. The summed E-state index contributed by atoms with van der Waals surface area (Å²) in [5, 5.41) is 3.75. The van der Waals surface area contributed by atoms with Gasteiger partial charge in [0, 0.05) is 31.7 Å². The van der Waals surface area contributed by atoms with E-state index in [2.05, 4.69) is 51.8 Å². The van der Waals surface area contributed by atoms with Gasteiger partial charge in [0.25, 0.3) is 0 Å². The molecule has 2 aliphatic carbocycles. The fourth-order valence-corrected chi connectivity index (χ4v) is 5.77. The SMILES string of the molecule is CC(C)(C)C1CN(C2C3(C)CCC(C3)C2(C)C)CCN1. The molecule has 1 saturated heterocycles. The molecular weight excluding hydrogens is 244 g/mol. The van der Waals surface area contributed by atoms with E-state index in [-0.39, 0.29) is 0 Å². The first-order chi connectivity index (χ1) is 9.14. The summed E-state index contributed by atoms with van der Waals surface area (Å²) in [4.78, 5) is 2.85. The summed E-state index contributed by atoms with van der Waals surface area (Å²) < 4.78 is 0. The van der Waals surface area contributed by atoms with Crippen molar-refractivity contribution in [1.82, 2.24) is 10.2 Å². The Kier molecular flexibility index (Phi) is 3.31. The molecule has 0 aromatic heterocycles. The molecule has 0 spiro atoms. The summed E-state index contributed by atoms with van der Waals surface area (Å²) in [6, 6.07) is 1.43. The maximum atomic E-state index is 3.75. The maximum absolute atomic E-state index is 3.75. The highest BCUT2D eigenvalue weighted by Gasteiger charge is 2.61. The van der Waals surface area contributed by atoms with Crippen LogP contribution in [0.2, 0.25) is 0 Å².